The standard InChI is InChI=1S/C23H31NO2S2/c1-15(23-11-16-8-17(12-23)10-18(9-16)13-23)24-21(25)14-26-20-4-2-19(3-5-20)22-27-6-7-28-22/h2-5,15-18,22H,6-14H2,1H3,(H,24,25)/t15-,16?,17?,18?,23?/m1/s1. The van der Waals surface area contributed by atoms with Crippen molar-refractivity contribution in [3.63, 3.8) is 0 Å². The number of carbonyl (C=O) groups excluding carboxylic acids is 1. The highest BCUT2D eigenvalue weighted by Gasteiger charge is 2.53. The van der Waals surface area contributed by atoms with Gasteiger partial charge in [0.25, 0.3) is 5.91 Å². The lowest BCUT2D eigenvalue weighted by Crippen LogP contribution is -2.56. The van der Waals surface area contributed by atoms with Crippen LogP contribution in [-0.4, -0.2) is 30.1 Å². The normalized spacial score (nSPS) is 35.1. The summed E-state index contributed by atoms with van der Waals surface area (Å²) in [4.78, 5) is 12.6. The predicted molar refractivity (Wildman–Crippen MR) is 118 cm³/mol. The number of nitrogens with one attached hydrogen (secondary N) is 1. The van der Waals surface area contributed by atoms with Gasteiger partial charge in [0, 0.05) is 17.5 Å². The number of thioether (sulfide) groups is 2. The van der Waals surface area contributed by atoms with Crippen LogP contribution in [0.15, 0.2) is 24.3 Å². The minimum atomic E-state index is 0.0224. The molecule has 6 rings (SSSR count). The molecule has 1 aromatic rings. The Balaban J connectivity index is 1.13. The van der Waals surface area contributed by atoms with Crippen LogP contribution < -0.4 is 10.1 Å². The van der Waals surface area contributed by atoms with Crippen LogP contribution in [0.1, 0.15) is 55.6 Å². The fourth-order valence-electron chi connectivity index (χ4n) is 6.57. The van der Waals surface area contributed by atoms with E-state index in [-0.39, 0.29) is 18.6 Å². The highest BCUT2D eigenvalue weighted by atomic mass is 32.2. The summed E-state index contributed by atoms with van der Waals surface area (Å²) in [7, 11) is 0. The van der Waals surface area contributed by atoms with Gasteiger partial charge in [-0.3, -0.25) is 4.79 Å². The van der Waals surface area contributed by atoms with Crippen LogP contribution in [0.5, 0.6) is 5.75 Å². The van der Waals surface area contributed by atoms with Gasteiger partial charge in [-0.05, 0) is 86.3 Å². The van der Waals surface area contributed by atoms with Crippen LogP contribution in [-0.2, 0) is 4.79 Å². The van der Waals surface area contributed by atoms with E-state index in [0.717, 1.165) is 23.5 Å². The molecule has 5 heteroatoms. The van der Waals surface area contributed by atoms with Crippen LogP contribution in [0.3, 0.4) is 0 Å². The quantitative estimate of drug-likeness (QED) is 0.685. The summed E-state index contributed by atoms with van der Waals surface area (Å²) in [5.74, 6) is 6.01. The molecule has 5 aliphatic rings. The zero-order valence-corrected chi connectivity index (χ0v) is 18.3. The third kappa shape index (κ3) is 3.81. The maximum Gasteiger partial charge on any atom is 0.258 e. The second-order valence-electron chi connectivity index (χ2n) is 9.50. The van der Waals surface area contributed by atoms with Gasteiger partial charge in [-0.15, -0.1) is 23.5 Å². The van der Waals surface area contributed by atoms with Crippen molar-refractivity contribution < 1.29 is 9.53 Å². The van der Waals surface area contributed by atoms with Crippen molar-refractivity contribution in [3.8, 4) is 5.75 Å². The summed E-state index contributed by atoms with van der Waals surface area (Å²) in [5.41, 5.74) is 1.70. The third-order valence-electron chi connectivity index (χ3n) is 7.53. The minimum Gasteiger partial charge on any atom is -0.484 e. The first kappa shape index (κ1) is 19.2. The minimum absolute atomic E-state index is 0.0224. The lowest BCUT2D eigenvalue weighted by molar-refractivity contribution is -0.127. The van der Waals surface area contributed by atoms with E-state index in [4.69, 9.17) is 4.74 Å². The number of hydrogen-bond acceptors (Lipinski definition) is 4. The van der Waals surface area contributed by atoms with Crippen LogP contribution in [0.2, 0.25) is 0 Å². The lowest BCUT2D eigenvalue weighted by atomic mass is 9.48. The monoisotopic (exact) mass is 417 g/mol. The Morgan fingerprint density at radius 3 is 2.21 bits per heavy atom. The number of amides is 1. The van der Waals surface area contributed by atoms with Gasteiger partial charge in [-0.2, -0.15) is 0 Å². The molecule has 4 aliphatic carbocycles. The van der Waals surface area contributed by atoms with E-state index in [1.165, 1.54) is 55.6 Å². The van der Waals surface area contributed by atoms with E-state index in [0.29, 0.717) is 10.00 Å². The van der Waals surface area contributed by atoms with E-state index in [9.17, 15) is 4.79 Å². The second-order valence-corrected chi connectivity index (χ2v) is 12.2. The van der Waals surface area contributed by atoms with Gasteiger partial charge in [0.05, 0.1) is 4.58 Å². The second kappa shape index (κ2) is 7.79. The van der Waals surface area contributed by atoms with Gasteiger partial charge in [0.15, 0.2) is 6.61 Å². The van der Waals surface area contributed by atoms with Gasteiger partial charge in [0.2, 0.25) is 0 Å². The molecule has 0 aromatic heterocycles. The summed E-state index contributed by atoms with van der Waals surface area (Å²) in [6.45, 7) is 2.35. The van der Waals surface area contributed by atoms with E-state index < -0.39 is 0 Å². The fourth-order valence-corrected chi connectivity index (χ4v) is 9.42. The van der Waals surface area contributed by atoms with Crippen molar-refractivity contribution in [2.75, 3.05) is 18.1 Å². The van der Waals surface area contributed by atoms with Gasteiger partial charge in [-0.1, -0.05) is 12.1 Å². The number of hydrogen-bond donors (Lipinski definition) is 1. The molecule has 4 saturated carbocycles. The largest absolute Gasteiger partial charge is 0.484 e. The number of ether oxygens (including phenoxy) is 1. The first-order valence-corrected chi connectivity index (χ1v) is 12.9. The van der Waals surface area contributed by atoms with Gasteiger partial charge >= 0.3 is 0 Å². The molecular formula is C23H31NO2S2. The fraction of sp³-hybridized carbons (Fsp3) is 0.696. The van der Waals surface area contributed by atoms with Crippen molar-refractivity contribution in [1.82, 2.24) is 5.32 Å². The SMILES string of the molecule is C[C@@H](NC(=O)COc1ccc(C2SCCS2)cc1)C12CC3CC(CC(C3)C1)C2. The Bertz CT molecular complexity index is 679. The molecule has 1 aromatic carbocycles. The predicted octanol–water partition coefficient (Wildman–Crippen LogP) is 5.27. The average molecular weight is 418 g/mol. The van der Waals surface area contributed by atoms with Gasteiger partial charge in [-0.25, -0.2) is 0 Å². The molecular weight excluding hydrogens is 386 g/mol. The maximum absolute atomic E-state index is 12.6. The molecule has 4 bridgehead atoms. The molecule has 152 valence electrons. The summed E-state index contributed by atoms with van der Waals surface area (Å²) >= 11 is 4.02. The Morgan fingerprint density at radius 2 is 1.64 bits per heavy atom. The van der Waals surface area contributed by atoms with E-state index >= 15 is 0 Å². The molecule has 1 amide bonds. The lowest BCUT2D eigenvalue weighted by Gasteiger charge is -2.59. The van der Waals surface area contributed by atoms with Crippen molar-refractivity contribution >= 4 is 29.4 Å². The first-order chi connectivity index (χ1) is 13.6. The van der Waals surface area contributed by atoms with Gasteiger partial charge < -0.3 is 10.1 Å². The van der Waals surface area contributed by atoms with Crippen LogP contribution in [0.25, 0.3) is 0 Å². The van der Waals surface area contributed by atoms with Crippen molar-refractivity contribution in [3.05, 3.63) is 29.8 Å². The summed E-state index contributed by atoms with van der Waals surface area (Å²) in [6.07, 6.45) is 8.28. The summed E-state index contributed by atoms with van der Waals surface area (Å²) in [5, 5.41) is 3.29. The molecule has 1 saturated heterocycles. The Hall–Kier alpha value is -0.810. The maximum atomic E-state index is 12.6. The summed E-state index contributed by atoms with van der Waals surface area (Å²) in [6, 6.07) is 8.55. The zero-order chi connectivity index (χ0) is 19.1. The molecule has 0 spiro atoms. The molecule has 0 radical (unpaired) electrons. The molecule has 5 fully saturated rings. The molecule has 0 unspecified atom stereocenters. The molecule has 1 N–H and O–H groups in total. The molecule has 3 nitrogen and oxygen atoms in total. The van der Waals surface area contributed by atoms with Crippen molar-refractivity contribution in [2.45, 2.75) is 56.1 Å². The zero-order valence-electron chi connectivity index (χ0n) is 16.7. The number of carbonyl (C=O) groups is 1. The van der Waals surface area contributed by atoms with Crippen molar-refractivity contribution in [2.24, 2.45) is 23.2 Å². The van der Waals surface area contributed by atoms with E-state index in [1.54, 1.807) is 0 Å². The van der Waals surface area contributed by atoms with Gasteiger partial charge in [0.1, 0.15) is 5.75 Å². The highest BCUT2D eigenvalue weighted by Crippen LogP contribution is 2.61. The smallest absolute Gasteiger partial charge is 0.258 e. The highest BCUT2D eigenvalue weighted by molar-refractivity contribution is 8.19. The third-order valence-corrected chi connectivity index (χ3v) is 10.6. The Kier molecular flexibility index (Phi) is 5.33. The van der Waals surface area contributed by atoms with Crippen LogP contribution >= 0.6 is 23.5 Å². The molecule has 1 aliphatic heterocycles. The number of benzene rings is 1. The van der Waals surface area contributed by atoms with Crippen LogP contribution in [0.4, 0.5) is 0 Å². The van der Waals surface area contributed by atoms with E-state index in [2.05, 4.69) is 24.4 Å². The average Bonchev–Trinajstić information content (AvgIpc) is 3.20. The Labute approximate surface area is 177 Å². The summed E-state index contributed by atoms with van der Waals surface area (Å²) < 4.78 is 6.33. The van der Waals surface area contributed by atoms with E-state index in [1.807, 2.05) is 35.7 Å². The number of rotatable bonds is 6. The topological polar surface area (TPSA) is 38.3 Å². The molecule has 1 atom stereocenters. The first-order valence-electron chi connectivity index (χ1n) is 10.8. The van der Waals surface area contributed by atoms with Crippen LogP contribution in [0, 0.1) is 23.2 Å². The Morgan fingerprint density at radius 1 is 1.07 bits per heavy atom. The molecule has 1 heterocycles. The molecule has 28 heavy (non-hydrogen) atoms. The van der Waals surface area contributed by atoms with Crippen molar-refractivity contribution in [1.29, 1.82) is 0 Å².